The van der Waals surface area contributed by atoms with Crippen LogP contribution in [0.4, 0.5) is 5.69 Å². The normalized spacial score (nSPS) is 10.6. The lowest BCUT2D eigenvalue weighted by molar-refractivity contribution is -0.113. The van der Waals surface area contributed by atoms with Crippen molar-refractivity contribution in [2.45, 2.75) is 5.16 Å². The van der Waals surface area contributed by atoms with Gasteiger partial charge in [-0.05, 0) is 52.9 Å². The van der Waals surface area contributed by atoms with Gasteiger partial charge < -0.3 is 10.1 Å². The molecule has 0 spiro atoms. The molecular formula is C16H13Cl2N5O2S. The highest BCUT2D eigenvalue weighted by atomic mass is 35.5. The number of thioether (sulfide) groups is 1. The summed E-state index contributed by atoms with van der Waals surface area (Å²) in [5.74, 6) is 0.594. The molecule has 1 aromatic heterocycles. The summed E-state index contributed by atoms with van der Waals surface area (Å²) in [6.07, 6.45) is 0. The molecule has 2 aromatic carbocycles. The monoisotopic (exact) mass is 409 g/mol. The minimum Gasteiger partial charge on any atom is -0.497 e. The maximum absolute atomic E-state index is 12.2. The fraction of sp³-hybridized carbons (Fsp3) is 0.125. The second kappa shape index (κ2) is 8.39. The topological polar surface area (TPSA) is 81.9 Å². The number of hydrogen-bond acceptors (Lipinski definition) is 6. The zero-order chi connectivity index (χ0) is 18.5. The van der Waals surface area contributed by atoms with Gasteiger partial charge >= 0.3 is 0 Å². The lowest BCUT2D eigenvalue weighted by atomic mass is 10.3. The number of amides is 1. The van der Waals surface area contributed by atoms with Gasteiger partial charge in [0.15, 0.2) is 0 Å². The van der Waals surface area contributed by atoms with Gasteiger partial charge in [0, 0.05) is 5.02 Å². The molecule has 0 unspecified atom stereocenters. The standard InChI is InChI=1S/C16H13Cl2N5O2S/c1-25-12-5-3-11(4-6-12)23-16(20-21-22-23)26-9-15(24)19-14-8-10(17)2-7-13(14)18/h2-8H,9H2,1H3,(H,19,24). The molecule has 1 N–H and O–H groups in total. The number of halogens is 2. The van der Waals surface area contributed by atoms with Gasteiger partial charge in [-0.1, -0.05) is 35.0 Å². The van der Waals surface area contributed by atoms with Crippen molar-refractivity contribution in [3.63, 3.8) is 0 Å². The molecule has 0 radical (unpaired) electrons. The second-order valence-corrected chi connectivity index (χ2v) is 6.82. The number of hydrogen-bond donors (Lipinski definition) is 1. The zero-order valence-electron chi connectivity index (χ0n) is 13.5. The third-order valence-corrected chi connectivity index (χ3v) is 4.78. The SMILES string of the molecule is COc1ccc(-n2nnnc2SCC(=O)Nc2cc(Cl)ccc2Cl)cc1. The molecule has 7 nitrogen and oxygen atoms in total. The van der Waals surface area contributed by atoms with E-state index in [2.05, 4.69) is 20.8 Å². The highest BCUT2D eigenvalue weighted by Gasteiger charge is 2.13. The van der Waals surface area contributed by atoms with Crippen molar-refractivity contribution in [3.05, 3.63) is 52.5 Å². The summed E-state index contributed by atoms with van der Waals surface area (Å²) in [6, 6.07) is 12.1. The van der Waals surface area contributed by atoms with Gasteiger partial charge in [-0.2, -0.15) is 4.68 Å². The maximum Gasteiger partial charge on any atom is 0.234 e. The van der Waals surface area contributed by atoms with Crippen LogP contribution in [-0.4, -0.2) is 39.0 Å². The number of carbonyl (C=O) groups excluding carboxylic acids is 1. The van der Waals surface area contributed by atoms with Crippen molar-refractivity contribution in [2.75, 3.05) is 18.2 Å². The first-order valence-electron chi connectivity index (χ1n) is 7.37. The number of aromatic nitrogens is 4. The summed E-state index contributed by atoms with van der Waals surface area (Å²) in [5, 5.41) is 15.7. The first-order chi connectivity index (χ1) is 12.6. The van der Waals surface area contributed by atoms with E-state index in [1.54, 1.807) is 42.1 Å². The number of rotatable bonds is 6. The van der Waals surface area contributed by atoms with E-state index in [1.165, 1.54) is 11.8 Å². The predicted molar refractivity (Wildman–Crippen MR) is 102 cm³/mol. The predicted octanol–water partition coefficient (Wildman–Crippen LogP) is 3.71. The average Bonchev–Trinajstić information content (AvgIpc) is 3.12. The van der Waals surface area contributed by atoms with Crippen LogP contribution in [0.5, 0.6) is 5.75 Å². The molecule has 0 fully saturated rings. The Morgan fingerprint density at radius 2 is 2.00 bits per heavy atom. The number of anilines is 1. The Bertz CT molecular complexity index is 917. The number of tetrazole rings is 1. The Morgan fingerprint density at radius 1 is 1.23 bits per heavy atom. The Kier molecular flexibility index (Phi) is 5.97. The van der Waals surface area contributed by atoms with Crippen molar-refractivity contribution in [3.8, 4) is 11.4 Å². The Labute approximate surface area is 163 Å². The van der Waals surface area contributed by atoms with Crippen LogP contribution in [0, 0.1) is 0 Å². The Balaban J connectivity index is 1.66. The third-order valence-electron chi connectivity index (χ3n) is 3.29. The van der Waals surface area contributed by atoms with Gasteiger partial charge in [0.1, 0.15) is 5.75 Å². The van der Waals surface area contributed by atoms with Gasteiger partial charge in [-0.25, -0.2) is 0 Å². The molecule has 0 aliphatic heterocycles. The van der Waals surface area contributed by atoms with E-state index >= 15 is 0 Å². The van der Waals surface area contributed by atoms with Gasteiger partial charge in [0.2, 0.25) is 11.1 Å². The van der Waals surface area contributed by atoms with Crippen molar-refractivity contribution < 1.29 is 9.53 Å². The fourth-order valence-electron chi connectivity index (χ4n) is 2.06. The van der Waals surface area contributed by atoms with Crippen LogP contribution < -0.4 is 10.1 Å². The number of nitrogens with one attached hydrogen (secondary N) is 1. The van der Waals surface area contributed by atoms with E-state index in [0.717, 1.165) is 11.4 Å². The molecule has 0 saturated carbocycles. The van der Waals surface area contributed by atoms with E-state index < -0.39 is 0 Å². The molecule has 0 bridgehead atoms. The van der Waals surface area contributed by atoms with E-state index in [9.17, 15) is 4.79 Å². The Hall–Kier alpha value is -2.29. The van der Waals surface area contributed by atoms with Gasteiger partial charge in [0.05, 0.1) is 29.3 Å². The third kappa shape index (κ3) is 4.46. The second-order valence-electron chi connectivity index (χ2n) is 5.03. The molecule has 1 heterocycles. The smallest absolute Gasteiger partial charge is 0.234 e. The van der Waals surface area contributed by atoms with Crippen LogP contribution in [-0.2, 0) is 4.79 Å². The quantitative estimate of drug-likeness (QED) is 0.624. The first-order valence-corrected chi connectivity index (χ1v) is 9.11. The maximum atomic E-state index is 12.2. The lowest BCUT2D eigenvalue weighted by Gasteiger charge is -2.08. The summed E-state index contributed by atoms with van der Waals surface area (Å²) in [6.45, 7) is 0. The number of ether oxygens (including phenoxy) is 1. The summed E-state index contributed by atoms with van der Waals surface area (Å²) in [4.78, 5) is 12.2. The summed E-state index contributed by atoms with van der Waals surface area (Å²) < 4.78 is 6.68. The first kappa shape index (κ1) is 18.5. The molecule has 1 amide bonds. The zero-order valence-corrected chi connectivity index (χ0v) is 15.8. The molecule has 26 heavy (non-hydrogen) atoms. The van der Waals surface area contributed by atoms with Gasteiger partial charge in [-0.15, -0.1) is 5.10 Å². The Morgan fingerprint density at radius 3 is 2.73 bits per heavy atom. The number of nitrogens with zero attached hydrogens (tertiary/aromatic N) is 4. The van der Waals surface area contributed by atoms with Crippen LogP contribution in [0.2, 0.25) is 10.0 Å². The highest BCUT2D eigenvalue weighted by Crippen LogP contribution is 2.26. The van der Waals surface area contributed by atoms with E-state index in [4.69, 9.17) is 27.9 Å². The fourth-order valence-corrected chi connectivity index (χ4v) is 3.09. The van der Waals surface area contributed by atoms with E-state index in [1.807, 2.05) is 12.1 Å². The summed E-state index contributed by atoms with van der Waals surface area (Å²) in [5.41, 5.74) is 1.22. The summed E-state index contributed by atoms with van der Waals surface area (Å²) in [7, 11) is 1.60. The van der Waals surface area contributed by atoms with Crippen LogP contribution in [0.3, 0.4) is 0 Å². The van der Waals surface area contributed by atoms with Crippen LogP contribution in [0.25, 0.3) is 5.69 Å². The summed E-state index contributed by atoms with van der Waals surface area (Å²) >= 11 is 13.2. The van der Waals surface area contributed by atoms with Crippen molar-refractivity contribution in [1.82, 2.24) is 20.2 Å². The number of carbonyl (C=O) groups is 1. The highest BCUT2D eigenvalue weighted by molar-refractivity contribution is 7.99. The van der Waals surface area contributed by atoms with Crippen molar-refractivity contribution >= 4 is 46.6 Å². The minimum atomic E-state index is -0.247. The molecule has 10 heteroatoms. The lowest BCUT2D eigenvalue weighted by Crippen LogP contribution is -2.15. The molecular weight excluding hydrogens is 397 g/mol. The van der Waals surface area contributed by atoms with Crippen molar-refractivity contribution in [1.29, 1.82) is 0 Å². The van der Waals surface area contributed by atoms with E-state index in [0.29, 0.717) is 20.9 Å². The largest absolute Gasteiger partial charge is 0.497 e. The van der Waals surface area contributed by atoms with Crippen LogP contribution in [0.1, 0.15) is 0 Å². The van der Waals surface area contributed by atoms with Gasteiger partial charge in [0.25, 0.3) is 0 Å². The van der Waals surface area contributed by atoms with Crippen LogP contribution >= 0.6 is 35.0 Å². The van der Waals surface area contributed by atoms with Crippen LogP contribution in [0.15, 0.2) is 47.6 Å². The van der Waals surface area contributed by atoms with Gasteiger partial charge in [-0.3, -0.25) is 4.79 Å². The number of methoxy groups -OCH3 is 1. The molecule has 0 atom stereocenters. The minimum absolute atomic E-state index is 0.110. The average molecular weight is 410 g/mol. The molecule has 0 aliphatic carbocycles. The van der Waals surface area contributed by atoms with Crippen molar-refractivity contribution in [2.24, 2.45) is 0 Å². The number of benzene rings is 2. The van der Waals surface area contributed by atoms with E-state index in [-0.39, 0.29) is 11.7 Å². The molecule has 0 saturated heterocycles. The molecule has 3 rings (SSSR count). The molecule has 134 valence electrons. The molecule has 3 aromatic rings. The molecule has 0 aliphatic rings.